The van der Waals surface area contributed by atoms with Gasteiger partial charge in [0, 0.05) is 25.0 Å². The number of amides is 1. The van der Waals surface area contributed by atoms with E-state index in [-0.39, 0.29) is 17.9 Å². The van der Waals surface area contributed by atoms with Crippen LogP contribution in [0.5, 0.6) is 5.75 Å². The first-order valence-electron chi connectivity index (χ1n) is 8.91. The molecule has 3 atom stereocenters. The molecular formula is C21H26N2O2. The fourth-order valence-electron chi connectivity index (χ4n) is 3.43. The Morgan fingerprint density at radius 3 is 2.64 bits per heavy atom. The maximum absolute atomic E-state index is 12.9. The molecule has 1 fully saturated rings. The molecule has 1 aliphatic heterocycles. The summed E-state index contributed by atoms with van der Waals surface area (Å²) in [6.07, 6.45) is 0.164. The zero-order valence-corrected chi connectivity index (χ0v) is 14.9. The Kier molecular flexibility index (Phi) is 5.39. The lowest BCUT2D eigenvalue weighted by Crippen LogP contribution is -2.41. The molecule has 3 rings (SSSR count). The minimum Gasteiger partial charge on any atom is -0.481 e. The van der Waals surface area contributed by atoms with Gasteiger partial charge in [0.25, 0.3) is 5.91 Å². The van der Waals surface area contributed by atoms with Crippen molar-refractivity contribution in [1.29, 1.82) is 0 Å². The first kappa shape index (κ1) is 17.5. The molecule has 2 N–H and O–H groups in total. The van der Waals surface area contributed by atoms with Gasteiger partial charge in [0.05, 0.1) is 0 Å². The fraction of sp³-hybridized carbons (Fsp3) is 0.381. The largest absolute Gasteiger partial charge is 0.481 e. The molecule has 0 spiro atoms. The number of rotatable bonds is 5. The van der Waals surface area contributed by atoms with Gasteiger partial charge < -0.3 is 15.4 Å². The molecule has 0 radical (unpaired) electrons. The first-order chi connectivity index (χ1) is 12.1. The Bertz CT molecular complexity index is 717. The Morgan fingerprint density at radius 1 is 1.20 bits per heavy atom. The van der Waals surface area contributed by atoms with Gasteiger partial charge in [-0.05, 0) is 36.6 Å². The second kappa shape index (κ2) is 7.70. The van der Waals surface area contributed by atoms with Crippen LogP contribution in [0.2, 0.25) is 0 Å². The number of nitrogens with zero attached hydrogens (tertiary/aromatic N) is 1. The van der Waals surface area contributed by atoms with Crippen molar-refractivity contribution in [3.8, 4) is 5.75 Å². The molecule has 0 bridgehead atoms. The van der Waals surface area contributed by atoms with Crippen LogP contribution in [-0.4, -0.2) is 36.0 Å². The first-order valence-corrected chi connectivity index (χ1v) is 8.91. The van der Waals surface area contributed by atoms with Gasteiger partial charge in [-0.15, -0.1) is 0 Å². The summed E-state index contributed by atoms with van der Waals surface area (Å²) in [5, 5.41) is 0. The molecule has 4 nitrogen and oxygen atoms in total. The Labute approximate surface area is 149 Å². The molecule has 0 saturated carbocycles. The highest BCUT2D eigenvalue weighted by Crippen LogP contribution is 2.27. The average molecular weight is 338 g/mol. The molecule has 1 unspecified atom stereocenters. The van der Waals surface area contributed by atoms with Crippen LogP contribution in [0.1, 0.15) is 30.4 Å². The third kappa shape index (κ3) is 4.02. The number of hydrogen-bond acceptors (Lipinski definition) is 3. The van der Waals surface area contributed by atoms with Gasteiger partial charge in [0.15, 0.2) is 6.10 Å². The van der Waals surface area contributed by atoms with Crippen LogP contribution in [0.3, 0.4) is 0 Å². The molecular weight excluding hydrogens is 312 g/mol. The second-order valence-electron chi connectivity index (χ2n) is 6.76. The lowest BCUT2D eigenvalue weighted by Gasteiger charge is -2.23. The lowest BCUT2D eigenvalue weighted by molar-refractivity contribution is -0.137. The van der Waals surface area contributed by atoms with Gasteiger partial charge in [-0.25, -0.2) is 0 Å². The molecule has 132 valence electrons. The van der Waals surface area contributed by atoms with E-state index in [2.05, 4.69) is 12.1 Å². The number of hydrogen-bond donors (Lipinski definition) is 1. The van der Waals surface area contributed by atoms with E-state index in [1.54, 1.807) is 0 Å². The number of carbonyl (C=O) groups excluding carboxylic acids is 1. The fourth-order valence-corrected chi connectivity index (χ4v) is 3.43. The van der Waals surface area contributed by atoms with Crippen molar-refractivity contribution in [2.75, 3.05) is 13.1 Å². The van der Waals surface area contributed by atoms with E-state index in [0.29, 0.717) is 19.5 Å². The van der Waals surface area contributed by atoms with Gasteiger partial charge in [-0.1, -0.05) is 49.4 Å². The molecule has 1 amide bonds. The molecule has 4 heteroatoms. The standard InChI is InChI=1S/C21H26N2O2/c1-3-20(25-17-11-7-8-15(2)12-17)21(24)23-13-18(19(22)14-23)16-9-5-4-6-10-16/h4-12,18-20H,3,13-14,22H2,1-2H3/t18-,19+,20?/m0/s1. The quantitative estimate of drug-likeness (QED) is 0.911. The van der Waals surface area contributed by atoms with Crippen LogP contribution >= 0.6 is 0 Å². The Morgan fingerprint density at radius 2 is 1.96 bits per heavy atom. The Balaban J connectivity index is 1.69. The monoisotopic (exact) mass is 338 g/mol. The molecule has 1 aliphatic rings. The van der Waals surface area contributed by atoms with Crippen LogP contribution in [0, 0.1) is 6.92 Å². The van der Waals surface area contributed by atoms with Gasteiger partial charge in [-0.3, -0.25) is 4.79 Å². The van der Waals surface area contributed by atoms with Gasteiger partial charge in [0.1, 0.15) is 5.75 Å². The number of nitrogens with two attached hydrogens (primary N) is 1. The molecule has 0 aliphatic carbocycles. The van der Waals surface area contributed by atoms with Crippen molar-refractivity contribution in [3.05, 3.63) is 65.7 Å². The summed E-state index contributed by atoms with van der Waals surface area (Å²) < 4.78 is 5.96. The predicted octanol–water partition coefficient (Wildman–Crippen LogP) is 3.11. The van der Waals surface area contributed by atoms with Crippen LogP contribution in [0.15, 0.2) is 54.6 Å². The predicted molar refractivity (Wildman–Crippen MR) is 99.6 cm³/mol. The summed E-state index contributed by atoms with van der Waals surface area (Å²) in [6, 6.07) is 18.0. The summed E-state index contributed by atoms with van der Waals surface area (Å²) in [7, 11) is 0. The van der Waals surface area contributed by atoms with E-state index in [1.807, 2.05) is 61.2 Å². The Hall–Kier alpha value is -2.33. The van der Waals surface area contributed by atoms with Crippen molar-refractivity contribution in [2.45, 2.75) is 38.3 Å². The third-order valence-corrected chi connectivity index (χ3v) is 4.82. The van der Waals surface area contributed by atoms with E-state index in [9.17, 15) is 4.79 Å². The van der Waals surface area contributed by atoms with E-state index in [0.717, 1.165) is 11.3 Å². The number of aryl methyl sites for hydroxylation is 1. The van der Waals surface area contributed by atoms with Crippen molar-refractivity contribution < 1.29 is 9.53 Å². The van der Waals surface area contributed by atoms with Crippen molar-refractivity contribution >= 4 is 5.91 Å². The van der Waals surface area contributed by atoms with Gasteiger partial charge in [0.2, 0.25) is 0 Å². The van der Waals surface area contributed by atoms with Gasteiger partial charge in [-0.2, -0.15) is 0 Å². The summed E-state index contributed by atoms with van der Waals surface area (Å²) in [6.45, 7) is 5.21. The molecule has 1 saturated heterocycles. The zero-order valence-electron chi connectivity index (χ0n) is 14.9. The molecule has 0 aromatic heterocycles. The van der Waals surface area contributed by atoms with E-state index in [4.69, 9.17) is 10.5 Å². The lowest BCUT2D eigenvalue weighted by atomic mass is 9.95. The van der Waals surface area contributed by atoms with Crippen molar-refractivity contribution in [3.63, 3.8) is 0 Å². The van der Waals surface area contributed by atoms with Crippen molar-refractivity contribution in [2.24, 2.45) is 5.73 Å². The number of likely N-dealkylation sites (tertiary alicyclic amines) is 1. The minimum absolute atomic E-state index is 0.0258. The topological polar surface area (TPSA) is 55.6 Å². The van der Waals surface area contributed by atoms with Crippen LogP contribution in [0.25, 0.3) is 0 Å². The minimum atomic E-state index is -0.469. The highest BCUT2D eigenvalue weighted by molar-refractivity contribution is 5.81. The van der Waals surface area contributed by atoms with Gasteiger partial charge >= 0.3 is 0 Å². The molecule has 2 aromatic rings. The van der Waals surface area contributed by atoms with Crippen LogP contribution < -0.4 is 10.5 Å². The number of ether oxygens (including phenoxy) is 1. The van der Waals surface area contributed by atoms with E-state index >= 15 is 0 Å². The summed E-state index contributed by atoms with van der Waals surface area (Å²) in [5.41, 5.74) is 8.63. The van der Waals surface area contributed by atoms with Crippen LogP contribution in [-0.2, 0) is 4.79 Å². The molecule has 1 heterocycles. The second-order valence-corrected chi connectivity index (χ2v) is 6.76. The smallest absolute Gasteiger partial charge is 0.263 e. The summed E-state index contributed by atoms with van der Waals surface area (Å²) in [4.78, 5) is 14.8. The van der Waals surface area contributed by atoms with Crippen molar-refractivity contribution in [1.82, 2.24) is 4.90 Å². The van der Waals surface area contributed by atoms with Crippen LogP contribution in [0.4, 0.5) is 0 Å². The zero-order chi connectivity index (χ0) is 17.8. The normalized spacial score (nSPS) is 21.2. The maximum atomic E-state index is 12.9. The summed E-state index contributed by atoms with van der Waals surface area (Å²) >= 11 is 0. The molecule has 2 aromatic carbocycles. The number of carbonyl (C=O) groups is 1. The maximum Gasteiger partial charge on any atom is 0.263 e. The SMILES string of the molecule is CCC(Oc1cccc(C)c1)C(=O)N1C[C@@H](N)[C@H](c2ccccc2)C1. The number of benzene rings is 2. The van der Waals surface area contributed by atoms with E-state index in [1.165, 1.54) is 5.56 Å². The third-order valence-electron chi connectivity index (χ3n) is 4.82. The summed E-state index contributed by atoms with van der Waals surface area (Å²) in [5.74, 6) is 0.947. The highest BCUT2D eigenvalue weighted by Gasteiger charge is 2.36. The van der Waals surface area contributed by atoms with E-state index < -0.39 is 6.10 Å². The highest BCUT2D eigenvalue weighted by atomic mass is 16.5. The average Bonchev–Trinajstić information content (AvgIpc) is 3.02. The molecule has 25 heavy (non-hydrogen) atoms.